The number of nitrogens with one attached hydrogen (secondary N) is 1. The van der Waals surface area contributed by atoms with Gasteiger partial charge >= 0.3 is 0 Å². The number of nitrogens with zero attached hydrogens (tertiary/aromatic N) is 1. The van der Waals surface area contributed by atoms with Gasteiger partial charge in [0.2, 0.25) is 10.0 Å². The van der Waals surface area contributed by atoms with Crippen molar-refractivity contribution < 1.29 is 18.0 Å². The summed E-state index contributed by atoms with van der Waals surface area (Å²) in [6, 6.07) is 3.68. The summed E-state index contributed by atoms with van der Waals surface area (Å²) >= 11 is 3.04. The molecule has 19 heavy (non-hydrogen) atoms. The number of hydrogen-bond acceptors (Lipinski definition) is 4. The number of amidine groups is 1. The molecular formula is C10H13BrFN3O3S. The first-order valence-corrected chi connectivity index (χ1v) is 7.55. The lowest BCUT2D eigenvalue weighted by Crippen LogP contribution is -2.26. The summed E-state index contributed by atoms with van der Waals surface area (Å²) in [6.45, 7) is 0.0635. The predicted octanol–water partition coefficient (Wildman–Crippen LogP) is 1.39. The van der Waals surface area contributed by atoms with Crippen LogP contribution in [0.3, 0.4) is 0 Å². The van der Waals surface area contributed by atoms with Gasteiger partial charge in [0.1, 0.15) is 16.5 Å². The fourth-order valence-electron chi connectivity index (χ4n) is 1.30. The Kier molecular flexibility index (Phi) is 5.70. The van der Waals surface area contributed by atoms with Gasteiger partial charge in [0, 0.05) is 17.4 Å². The molecule has 9 heteroatoms. The van der Waals surface area contributed by atoms with Crippen LogP contribution in [0.4, 0.5) is 4.39 Å². The van der Waals surface area contributed by atoms with Crippen LogP contribution in [0.2, 0.25) is 0 Å². The molecule has 0 amide bonds. The predicted molar refractivity (Wildman–Crippen MR) is 71.9 cm³/mol. The second-order valence-corrected chi connectivity index (χ2v) is 6.32. The van der Waals surface area contributed by atoms with Crippen LogP contribution in [0.25, 0.3) is 0 Å². The molecule has 4 N–H and O–H groups in total. The summed E-state index contributed by atoms with van der Waals surface area (Å²) in [4.78, 5) is -0.417. The smallest absolute Gasteiger partial charge is 0.243 e. The van der Waals surface area contributed by atoms with Crippen molar-refractivity contribution in [3.05, 3.63) is 28.5 Å². The van der Waals surface area contributed by atoms with Crippen molar-refractivity contribution in [1.82, 2.24) is 4.72 Å². The summed E-state index contributed by atoms with van der Waals surface area (Å²) in [6.07, 6.45) is 0.578. The van der Waals surface area contributed by atoms with Crippen LogP contribution in [-0.2, 0) is 10.0 Å². The van der Waals surface area contributed by atoms with E-state index in [0.717, 1.165) is 6.07 Å². The SMILES string of the molecule is N/C(CCCNS(=O)(=O)c1ccc(Br)cc1F)=N/O. The second-order valence-electron chi connectivity index (χ2n) is 3.67. The number of oxime groups is 1. The zero-order chi connectivity index (χ0) is 14.5. The fourth-order valence-corrected chi connectivity index (χ4v) is 2.76. The van der Waals surface area contributed by atoms with Gasteiger partial charge in [-0.05, 0) is 24.6 Å². The lowest BCUT2D eigenvalue weighted by Gasteiger charge is -2.07. The average Bonchev–Trinajstić information content (AvgIpc) is 2.33. The maximum atomic E-state index is 13.5. The quantitative estimate of drug-likeness (QED) is 0.236. The van der Waals surface area contributed by atoms with Gasteiger partial charge in [-0.2, -0.15) is 0 Å². The third-order valence-electron chi connectivity index (χ3n) is 2.21. The van der Waals surface area contributed by atoms with E-state index >= 15 is 0 Å². The minimum Gasteiger partial charge on any atom is -0.409 e. The third-order valence-corrected chi connectivity index (χ3v) is 4.20. The number of nitrogens with two attached hydrogens (primary N) is 1. The first kappa shape index (κ1) is 15.9. The van der Waals surface area contributed by atoms with Gasteiger partial charge in [-0.15, -0.1) is 0 Å². The molecule has 6 nitrogen and oxygen atoms in total. The van der Waals surface area contributed by atoms with E-state index < -0.39 is 20.7 Å². The van der Waals surface area contributed by atoms with Crippen molar-refractivity contribution >= 4 is 31.8 Å². The molecular weight excluding hydrogens is 341 g/mol. The molecule has 0 atom stereocenters. The molecule has 0 saturated heterocycles. The molecule has 1 aromatic rings. The summed E-state index contributed by atoms with van der Waals surface area (Å²) in [5.74, 6) is -0.827. The molecule has 0 aliphatic rings. The molecule has 0 saturated carbocycles. The van der Waals surface area contributed by atoms with E-state index in [9.17, 15) is 12.8 Å². The van der Waals surface area contributed by atoms with Gasteiger partial charge in [-0.1, -0.05) is 21.1 Å². The van der Waals surface area contributed by atoms with E-state index in [1.165, 1.54) is 12.1 Å². The monoisotopic (exact) mass is 353 g/mol. The van der Waals surface area contributed by atoms with E-state index in [4.69, 9.17) is 10.9 Å². The van der Waals surface area contributed by atoms with Crippen LogP contribution in [0.1, 0.15) is 12.8 Å². The van der Waals surface area contributed by atoms with Gasteiger partial charge < -0.3 is 10.9 Å². The minimum atomic E-state index is -3.90. The van der Waals surface area contributed by atoms with E-state index in [-0.39, 0.29) is 18.8 Å². The van der Waals surface area contributed by atoms with Gasteiger partial charge in [0.25, 0.3) is 0 Å². The van der Waals surface area contributed by atoms with Gasteiger partial charge in [-0.25, -0.2) is 17.5 Å². The second kappa shape index (κ2) is 6.83. The molecule has 0 aromatic heterocycles. The van der Waals surface area contributed by atoms with Crippen molar-refractivity contribution in [3.63, 3.8) is 0 Å². The molecule has 0 radical (unpaired) electrons. The highest BCUT2D eigenvalue weighted by Gasteiger charge is 2.18. The van der Waals surface area contributed by atoms with Crippen LogP contribution >= 0.6 is 15.9 Å². The lowest BCUT2D eigenvalue weighted by molar-refractivity contribution is 0.316. The Morgan fingerprint density at radius 3 is 2.79 bits per heavy atom. The summed E-state index contributed by atoms with van der Waals surface area (Å²) in [5.41, 5.74) is 5.23. The van der Waals surface area contributed by atoms with E-state index in [1.54, 1.807) is 0 Å². The molecule has 0 fully saturated rings. The topological polar surface area (TPSA) is 105 Å². The van der Waals surface area contributed by atoms with Crippen molar-refractivity contribution in [1.29, 1.82) is 0 Å². The van der Waals surface area contributed by atoms with Crippen LogP contribution < -0.4 is 10.5 Å². The summed E-state index contributed by atoms with van der Waals surface area (Å²) in [7, 11) is -3.90. The number of sulfonamides is 1. The first-order chi connectivity index (χ1) is 8.86. The number of hydrogen-bond donors (Lipinski definition) is 3. The number of rotatable bonds is 6. The van der Waals surface area contributed by atoms with Gasteiger partial charge in [0.05, 0.1) is 0 Å². The van der Waals surface area contributed by atoms with E-state index in [1.807, 2.05) is 0 Å². The maximum Gasteiger partial charge on any atom is 0.243 e. The molecule has 0 aliphatic heterocycles. The van der Waals surface area contributed by atoms with Crippen molar-refractivity contribution in [3.8, 4) is 0 Å². The molecule has 1 rings (SSSR count). The number of halogens is 2. The maximum absolute atomic E-state index is 13.5. The Labute approximate surface area is 118 Å². The van der Waals surface area contributed by atoms with Crippen LogP contribution in [0.5, 0.6) is 0 Å². The zero-order valence-electron chi connectivity index (χ0n) is 9.81. The highest BCUT2D eigenvalue weighted by atomic mass is 79.9. The highest BCUT2D eigenvalue weighted by Crippen LogP contribution is 2.19. The minimum absolute atomic E-state index is 0.00835. The Balaban J connectivity index is 2.66. The molecule has 0 spiro atoms. The summed E-state index contributed by atoms with van der Waals surface area (Å²) < 4.78 is 39.8. The van der Waals surface area contributed by atoms with Crippen LogP contribution in [-0.4, -0.2) is 26.0 Å². The Morgan fingerprint density at radius 1 is 1.53 bits per heavy atom. The third kappa shape index (κ3) is 4.77. The fraction of sp³-hybridized carbons (Fsp3) is 0.300. The van der Waals surface area contributed by atoms with Gasteiger partial charge in [-0.3, -0.25) is 0 Å². The van der Waals surface area contributed by atoms with E-state index in [2.05, 4.69) is 25.8 Å². The molecule has 0 heterocycles. The van der Waals surface area contributed by atoms with Crippen molar-refractivity contribution in [2.75, 3.05) is 6.54 Å². The van der Waals surface area contributed by atoms with E-state index in [0.29, 0.717) is 10.9 Å². The zero-order valence-corrected chi connectivity index (χ0v) is 12.2. The largest absolute Gasteiger partial charge is 0.409 e. The highest BCUT2D eigenvalue weighted by molar-refractivity contribution is 9.10. The molecule has 106 valence electrons. The first-order valence-electron chi connectivity index (χ1n) is 5.28. The Morgan fingerprint density at radius 2 is 2.21 bits per heavy atom. The summed E-state index contributed by atoms with van der Waals surface area (Å²) in [5, 5.41) is 11.1. The average molecular weight is 354 g/mol. The van der Waals surface area contributed by atoms with Crippen LogP contribution in [0, 0.1) is 5.82 Å². The number of benzene rings is 1. The van der Waals surface area contributed by atoms with Crippen molar-refractivity contribution in [2.24, 2.45) is 10.9 Å². The molecule has 0 aliphatic carbocycles. The van der Waals surface area contributed by atoms with Gasteiger partial charge in [0.15, 0.2) is 0 Å². The normalized spacial score (nSPS) is 12.6. The Hall–Kier alpha value is -1.19. The lowest BCUT2D eigenvalue weighted by atomic mass is 10.3. The molecule has 1 aromatic carbocycles. The van der Waals surface area contributed by atoms with Crippen molar-refractivity contribution in [2.45, 2.75) is 17.7 Å². The Bertz CT molecular complexity index is 577. The standard InChI is InChI=1S/C10H13BrFN3O3S/c11-7-3-4-9(8(12)6-7)19(17,18)14-5-1-2-10(13)15-16/h3-4,6,14,16H,1-2,5H2,(H2,13,15). The van der Waals surface area contributed by atoms with Crippen LogP contribution in [0.15, 0.2) is 32.7 Å². The molecule has 0 unspecified atom stereocenters. The molecule has 0 bridgehead atoms.